The van der Waals surface area contributed by atoms with Crippen molar-refractivity contribution in [2.75, 3.05) is 25.3 Å². The number of carbonyl (C=O) groups is 1. The van der Waals surface area contributed by atoms with Gasteiger partial charge in [0.2, 0.25) is 5.91 Å². The molecule has 5 aromatic rings. The quantitative estimate of drug-likeness (QED) is 0.240. The number of anilines is 1. The molecule has 0 saturated carbocycles. The van der Waals surface area contributed by atoms with Crippen molar-refractivity contribution in [1.29, 1.82) is 0 Å². The second-order valence-corrected chi connectivity index (χ2v) is 10.1. The number of hydrogen-bond acceptors (Lipinski definition) is 10. The average Bonchev–Trinajstić information content (AvgIpc) is 3.35. The molecule has 0 aliphatic rings. The first kappa shape index (κ1) is 25.4. The average molecular weight is 551 g/mol. The fourth-order valence-electron chi connectivity index (χ4n) is 3.85. The molecule has 1 N–H and O–H groups in total. The summed E-state index contributed by atoms with van der Waals surface area (Å²) in [5.41, 5.74) is 0.469. The van der Waals surface area contributed by atoms with E-state index in [0.29, 0.717) is 22.2 Å². The highest BCUT2D eigenvalue weighted by atomic mass is 32.2. The van der Waals surface area contributed by atoms with E-state index in [1.54, 1.807) is 18.2 Å². The molecule has 0 unspecified atom stereocenters. The molecule has 2 aromatic carbocycles. The van der Waals surface area contributed by atoms with E-state index in [0.717, 1.165) is 26.5 Å². The molecular weight excluding hydrogens is 528 g/mol. The summed E-state index contributed by atoms with van der Waals surface area (Å²) in [6.45, 7) is 0. The molecular formula is C25H22N6O5S2. The first-order chi connectivity index (χ1) is 18.3. The van der Waals surface area contributed by atoms with Gasteiger partial charge in [-0.3, -0.25) is 18.7 Å². The van der Waals surface area contributed by atoms with Gasteiger partial charge in [0, 0.05) is 19.7 Å². The minimum Gasteiger partial charge on any atom is -0.493 e. The molecule has 0 radical (unpaired) electrons. The van der Waals surface area contributed by atoms with E-state index in [1.165, 1.54) is 44.2 Å². The molecule has 0 saturated heterocycles. The first-order valence-electron chi connectivity index (χ1n) is 11.3. The third-order valence-electron chi connectivity index (χ3n) is 5.79. The van der Waals surface area contributed by atoms with Crippen molar-refractivity contribution in [3.05, 3.63) is 63.3 Å². The number of aromatic nitrogens is 5. The van der Waals surface area contributed by atoms with Crippen molar-refractivity contribution in [3.8, 4) is 22.9 Å². The maximum atomic E-state index is 13.1. The van der Waals surface area contributed by atoms with Crippen LogP contribution in [0.2, 0.25) is 0 Å². The molecule has 0 atom stereocenters. The van der Waals surface area contributed by atoms with Gasteiger partial charge in [-0.05, 0) is 30.3 Å². The zero-order valence-corrected chi connectivity index (χ0v) is 22.5. The van der Waals surface area contributed by atoms with Crippen LogP contribution >= 0.6 is 23.1 Å². The van der Waals surface area contributed by atoms with Crippen LogP contribution in [0.1, 0.15) is 0 Å². The SMILES string of the molecule is COc1ccc(-c2nc(SCC(=O)Nc3nc4ccccc4s3)c3c(=O)n(C)c(=O)n(C)c3n2)cc1OC. The summed E-state index contributed by atoms with van der Waals surface area (Å²) >= 11 is 2.45. The number of benzene rings is 2. The minimum atomic E-state index is -0.545. The molecule has 13 heteroatoms. The van der Waals surface area contributed by atoms with Gasteiger partial charge in [0.05, 0.1) is 30.2 Å². The summed E-state index contributed by atoms with van der Waals surface area (Å²) in [5, 5.41) is 3.71. The van der Waals surface area contributed by atoms with Crippen LogP contribution in [0.25, 0.3) is 32.6 Å². The van der Waals surface area contributed by atoms with E-state index in [1.807, 2.05) is 24.3 Å². The minimum absolute atomic E-state index is 0.0423. The van der Waals surface area contributed by atoms with Gasteiger partial charge in [-0.2, -0.15) is 0 Å². The largest absolute Gasteiger partial charge is 0.493 e. The molecule has 194 valence electrons. The van der Waals surface area contributed by atoms with Crippen molar-refractivity contribution in [2.24, 2.45) is 14.1 Å². The van der Waals surface area contributed by atoms with Crippen LogP contribution in [0.3, 0.4) is 0 Å². The fourth-order valence-corrected chi connectivity index (χ4v) is 5.55. The van der Waals surface area contributed by atoms with Crippen LogP contribution in [-0.4, -0.2) is 50.0 Å². The third-order valence-corrected chi connectivity index (χ3v) is 7.72. The maximum Gasteiger partial charge on any atom is 0.332 e. The number of para-hydroxylation sites is 1. The van der Waals surface area contributed by atoms with E-state index in [9.17, 15) is 14.4 Å². The molecule has 5 rings (SSSR count). The summed E-state index contributed by atoms with van der Waals surface area (Å²) in [5.74, 6) is 0.903. The van der Waals surface area contributed by atoms with Crippen LogP contribution < -0.4 is 26.0 Å². The molecule has 0 spiro atoms. The van der Waals surface area contributed by atoms with Crippen LogP contribution in [0.15, 0.2) is 57.1 Å². The zero-order chi connectivity index (χ0) is 27.0. The number of amides is 1. The molecule has 3 aromatic heterocycles. The van der Waals surface area contributed by atoms with Crippen molar-refractivity contribution >= 4 is 55.4 Å². The Morgan fingerprint density at radius 2 is 1.76 bits per heavy atom. The lowest BCUT2D eigenvalue weighted by atomic mass is 10.2. The Bertz CT molecular complexity index is 1790. The van der Waals surface area contributed by atoms with Crippen molar-refractivity contribution in [1.82, 2.24) is 24.1 Å². The van der Waals surface area contributed by atoms with Gasteiger partial charge in [-0.25, -0.2) is 19.7 Å². The molecule has 38 heavy (non-hydrogen) atoms. The summed E-state index contributed by atoms with van der Waals surface area (Å²) < 4.78 is 13.9. The summed E-state index contributed by atoms with van der Waals surface area (Å²) in [6.07, 6.45) is 0. The fraction of sp³-hybridized carbons (Fsp3) is 0.200. The van der Waals surface area contributed by atoms with E-state index >= 15 is 0 Å². The van der Waals surface area contributed by atoms with Crippen LogP contribution in [0, 0.1) is 0 Å². The normalized spacial score (nSPS) is 11.2. The third kappa shape index (κ3) is 4.61. The molecule has 0 fully saturated rings. The number of nitrogens with one attached hydrogen (secondary N) is 1. The molecule has 0 aliphatic heterocycles. The molecule has 0 aliphatic carbocycles. The predicted octanol–water partition coefficient (Wildman–Crippen LogP) is 3.05. The van der Waals surface area contributed by atoms with Crippen LogP contribution in [-0.2, 0) is 18.9 Å². The number of ether oxygens (including phenoxy) is 2. The highest BCUT2D eigenvalue weighted by Gasteiger charge is 2.20. The molecule has 0 bridgehead atoms. The van der Waals surface area contributed by atoms with Crippen molar-refractivity contribution in [2.45, 2.75) is 5.03 Å². The summed E-state index contributed by atoms with van der Waals surface area (Å²) in [6, 6.07) is 12.8. The van der Waals surface area contributed by atoms with Gasteiger partial charge in [0.25, 0.3) is 5.56 Å². The summed E-state index contributed by atoms with van der Waals surface area (Å²) in [4.78, 5) is 52.1. The van der Waals surface area contributed by atoms with Crippen molar-refractivity contribution in [3.63, 3.8) is 0 Å². The maximum absolute atomic E-state index is 13.1. The number of fused-ring (bicyclic) bond motifs is 2. The van der Waals surface area contributed by atoms with E-state index in [-0.39, 0.29) is 33.5 Å². The number of nitrogens with zero attached hydrogens (tertiary/aromatic N) is 5. The zero-order valence-electron chi connectivity index (χ0n) is 20.8. The highest BCUT2D eigenvalue weighted by molar-refractivity contribution is 8.00. The Morgan fingerprint density at radius 1 is 1.00 bits per heavy atom. The Balaban J connectivity index is 1.54. The van der Waals surface area contributed by atoms with E-state index < -0.39 is 11.2 Å². The standard InChI is InChI=1S/C25H22N6O5S2/c1-30-21-19(23(33)31(2)25(30)34)22(29-20(28-21)13-9-10-15(35-3)16(11-13)36-4)37-12-18(32)27-24-26-14-7-5-6-8-17(14)38-24/h5-11H,12H2,1-4H3,(H,26,27,32). The molecule has 1 amide bonds. The van der Waals surface area contributed by atoms with Crippen LogP contribution in [0.4, 0.5) is 5.13 Å². The lowest BCUT2D eigenvalue weighted by Crippen LogP contribution is -2.37. The van der Waals surface area contributed by atoms with E-state index in [4.69, 9.17) is 9.47 Å². The Labute approximate surface area is 224 Å². The molecule has 3 heterocycles. The monoisotopic (exact) mass is 550 g/mol. The Hall–Kier alpha value is -4.23. The lowest BCUT2D eigenvalue weighted by molar-refractivity contribution is -0.113. The van der Waals surface area contributed by atoms with Gasteiger partial charge in [0.1, 0.15) is 10.4 Å². The van der Waals surface area contributed by atoms with Gasteiger partial charge in [-0.1, -0.05) is 35.2 Å². The number of rotatable bonds is 7. The lowest BCUT2D eigenvalue weighted by Gasteiger charge is -2.13. The predicted molar refractivity (Wildman–Crippen MR) is 148 cm³/mol. The second kappa shape index (κ2) is 10.3. The molecule has 11 nitrogen and oxygen atoms in total. The number of thiazole rings is 1. The summed E-state index contributed by atoms with van der Waals surface area (Å²) in [7, 11) is 5.97. The van der Waals surface area contributed by atoms with E-state index in [2.05, 4.69) is 20.3 Å². The number of methoxy groups -OCH3 is 2. The Kier molecular flexibility index (Phi) is 6.87. The van der Waals surface area contributed by atoms with Gasteiger partial charge in [-0.15, -0.1) is 0 Å². The topological polar surface area (TPSA) is 130 Å². The Morgan fingerprint density at radius 3 is 2.50 bits per heavy atom. The highest BCUT2D eigenvalue weighted by Crippen LogP contribution is 2.33. The van der Waals surface area contributed by atoms with Gasteiger partial charge < -0.3 is 14.8 Å². The second-order valence-electron chi connectivity index (χ2n) is 8.15. The smallest absolute Gasteiger partial charge is 0.332 e. The van der Waals surface area contributed by atoms with Gasteiger partial charge in [0.15, 0.2) is 28.1 Å². The first-order valence-corrected chi connectivity index (χ1v) is 13.1. The van der Waals surface area contributed by atoms with Gasteiger partial charge >= 0.3 is 5.69 Å². The van der Waals surface area contributed by atoms with Crippen LogP contribution in [0.5, 0.6) is 11.5 Å². The van der Waals surface area contributed by atoms with Crippen molar-refractivity contribution < 1.29 is 14.3 Å². The number of hydrogen-bond donors (Lipinski definition) is 1. The number of thioether (sulfide) groups is 1. The number of carbonyl (C=O) groups excluding carboxylic acids is 1. The number of aryl methyl sites for hydroxylation is 1.